The van der Waals surface area contributed by atoms with Crippen molar-refractivity contribution in [2.24, 2.45) is 7.05 Å². The third-order valence-corrected chi connectivity index (χ3v) is 7.54. The Morgan fingerprint density at radius 2 is 1.67 bits per heavy atom. The Morgan fingerprint density at radius 1 is 1.00 bits per heavy atom. The van der Waals surface area contributed by atoms with Gasteiger partial charge in [0, 0.05) is 18.7 Å². The average Bonchev–Trinajstić information content (AvgIpc) is 3.67. The molecule has 2 aromatic heterocycles. The lowest BCUT2D eigenvalue weighted by Crippen LogP contribution is -2.41. The summed E-state index contributed by atoms with van der Waals surface area (Å²) in [6.45, 7) is 3.23. The normalized spacial score (nSPS) is 13.6. The Labute approximate surface area is 227 Å². The van der Waals surface area contributed by atoms with Gasteiger partial charge in [0.15, 0.2) is 0 Å². The SMILES string of the molecule is Cc1ccc(Nc2c3c(=O)n(C4CC4)c(=O)n(-c4ccc(NS(C)(=O)=O)c(Cl)c4)c3c(C)c(=O)n2C)c(F)c1. The lowest BCUT2D eigenvalue weighted by Gasteiger charge is -2.21. The van der Waals surface area contributed by atoms with Gasteiger partial charge in [-0.15, -0.1) is 0 Å². The van der Waals surface area contributed by atoms with E-state index in [1.165, 1.54) is 53.4 Å². The van der Waals surface area contributed by atoms with Crippen molar-refractivity contribution in [3.63, 3.8) is 0 Å². The third-order valence-electron chi connectivity index (χ3n) is 6.64. The van der Waals surface area contributed by atoms with Gasteiger partial charge in [-0.3, -0.25) is 28.0 Å². The summed E-state index contributed by atoms with van der Waals surface area (Å²) in [5.41, 5.74) is -0.563. The topological polar surface area (TPSA) is 124 Å². The van der Waals surface area contributed by atoms with Crippen molar-refractivity contribution >= 4 is 49.7 Å². The second-order valence-corrected chi connectivity index (χ2v) is 11.9. The molecule has 2 aromatic carbocycles. The van der Waals surface area contributed by atoms with E-state index in [1.54, 1.807) is 13.0 Å². The monoisotopic (exact) mass is 573 g/mol. The summed E-state index contributed by atoms with van der Waals surface area (Å²) in [4.78, 5) is 41.0. The zero-order chi connectivity index (χ0) is 28.4. The minimum Gasteiger partial charge on any atom is -0.338 e. The van der Waals surface area contributed by atoms with Crippen LogP contribution in [0.15, 0.2) is 50.8 Å². The summed E-state index contributed by atoms with van der Waals surface area (Å²) >= 11 is 6.37. The molecule has 0 saturated heterocycles. The highest BCUT2D eigenvalue weighted by molar-refractivity contribution is 7.92. The maximum atomic E-state index is 14.8. The van der Waals surface area contributed by atoms with Crippen LogP contribution in [0, 0.1) is 19.7 Å². The first-order valence-electron chi connectivity index (χ1n) is 12.0. The van der Waals surface area contributed by atoms with E-state index in [1.807, 2.05) is 0 Å². The van der Waals surface area contributed by atoms with Gasteiger partial charge in [-0.1, -0.05) is 17.7 Å². The first-order valence-corrected chi connectivity index (χ1v) is 14.3. The molecule has 10 nitrogen and oxygen atoms in total. The molecule has 1 fully saturated rings. The number of hydrogen-bond acceptors (Lipinski definition) is 6. The molecule has 1 saturated carbocycles. The summed E-state index contributed by atoms with van der Waals surface area (Å²) in [5.74, 6) is -0.550. The van der Waals surface area contributed by atoms with Gasteiger partial charge in [0.1, 0.15) is 17.0 Å². The van der Waals surface area contributed by atoms with Crippen molar-refractivity contribution in [1.82, 2.24) is 13.7 Å². The second kappa shape index (κ2) is 9.38. The van der Waals surface area contributed by atoms with Crippen LogP contribution in [0.3, 0.4) is 0 Å². The van der Waals surface area contributed by atoms with Crippen molar-refractivity contribution in [3.05, 3.63) is 89.6 Å². The van der Waals surface area contributed by atoms with Crippen LogP contribution in [0.2, 0.25) is 5.02 Å². The molecule has 1 aliphatic carbocycles. The van der Waals surface area contributed by atoms with Crippen LogP contribution in [0.25, 0.3) is 16.6 Å². The van der Waals surface area contributed by atoms with Gasteiger partial charge in [0.05, 0.1) is 33.9 Å². The molecule has 0 unspecified atom stereocenters. The zero-order valence-corrected chi connectivity index (χ0v) is 23.1. The van der Waals surface area contributed by atoms with Gasteiger partial charge < -0.3 is 5.32 Å². The maximum Gasteiger partial charge on any atom is 0.336 e. The largest absolute Gasteiger partial charge is 0.338 e. The summed E-state index contributed by atoms with van der Waals surface area (Å²) in [6, 6.07) is 8.41. The summed E-state index contributed by atoms with van der Waals surface area (Å²) < 4.78 is 44.1. The van der Waals surface area contributed by atoms with E-state index in [2.05, 4.69) is 10.0 Å². The van der Waals surface area contributed by atoms with E-state index in [9.17, 15) is 27.2 Å². The van der Waals surface area contributed by atoms with Gasteiger partial charge >= 0.3 is 5.69 Å². The minimum absolute atomic E-state index is 0.00343. The number of fused-ring (bicyclic) bond motifs is 1. The van der Waals surface area contributed by atoms with E-state index in [4.69, 9.17) is 11.6 Å². The molecule has 13 heteroatoms. The lowest BCUT2D eigenvalue weighted by atomic mass is 10.1. The number of nitrogens with one attached hydrogen (secondary N) is 2. The molecular weight excluding hydrogens is 549 g/mol. The number of halogens is 2. The van der Waals surface area contributed by atoms with E-state index in [-0.39, 0.29) is 50.4 Å². The summed E-state index contributed by atoms with van der Waals surface area (Å²) in [6.07, 6.45) is 2.22. The number of nitrogens with zero attached hydrogens (tertiary/aromatic N) is 3. The molecule has 2 N–H and O–H groups in total. The van der Waals surface area contributed by atoms with E-state index < -0.39 is 32.6 Å². The molecule has 0 radical (unpaired) electrons. The number of anilines is 3. The van der Waals surface area contributed by atoms with E-state index in [0.29, 0.717) is 18.4 Å². The van der Waals surface area contributed by atoms with Crippen LogP contribution in [0.5, 0.6) is 0 Å². The predicted octanol–water partition coefficient (Wildman–Crippen LogP) is 3.71. The fourth-order valence-corrected chi connectivity index (χ4v) is 5.49. The van der Waals surface area contributed by atoms with Crippen molar-refractivity contribution in [2.75, 3.05) is 16.3 Å². The van der Waals surface area contributed by atoms with Crippen LogP contribution in [0.1, 0.15) is 30.0 Å². The summed E-state index contributed by atoms with van der Waals surface area (Å²) in [5, 5.41) is 2.93. The molecule has 1 aliphatic rings. The quantitative estimate of drug-likeness (QED) is 0.362. The smallest absolute Gasteiger partial charge is 0.336 e. The first kappa shape index (κ1) is 26.7. The standard InChI is InChI=1S/C26H25ClFN5O5S/c1-13-5-9-20(18(28)11-13)29-23-21-22(14(2)24(34)31(23)3)32(26(36)33(25(21)35)15-6-7-15)16-8-10-19(17(27)12-16)30-39(4,37)38/h5,8-12,15,29-30H,6-7H2,1-4H3. The molecule has 204 valence electrons. The lowest BCUT2D eigenvalue weighted by molar-refractivity contribution is 0.607. The van der Waals surface area contributed by atoms with Gasteiger partial charge in [0.2, 0.25) is 10.0 Å². The van der Waals surface area contributed by atoms with Crippen molar-refractivity contribution in [2.45, 2.75) is 32.7 Å². The highest BCUT2D eigenvalue weighted by atomic mass is 35.5. The Kier molecular flexibility index (Phi) is 6.42. The molecule has 39 heavy (non-hydrogen) atoms. The molecule has 4 aromatic rings. The Morgan fingerprint density at radius 3 is 2.26 bits per heavy atom. The predicted molar refractivity (Wildman–Crippen MR) is 150 cm³/mol. The number of hydrogen-bond donors (Lipinski definition) is 2. The minimum atomic E-state index is -3.63. The summed E-state index contributed by atoms with van der Waals surface area (Å²) in [7, 11) is -2.17. The number of pyridine rings is 1. The van der Waals surface area contributed by atoms with Gasteiger partial charge in [-0.2, -0.15) is 0 Å². The van der Waals surface area contributed by atoms with Gasteiger partial charge in [-0.25, -0.2) is 17.6 Å². The Hall–Kier alpha value is -3.90. The average molecular weight is 574 g/mol. The molecule has 0 bridgehead atoms. The number of aromatic nitrogens is 3. The first-order chi connectivity index (χ1) is 18.3. The highest BCUT2D eigenvalue weighted by Crippen LogP contribution is 2.34. The van der Waals surface area contributed by atoms with Crippen LogP contribution in [0.4, 0.5) is 21.6 Å². The van der Waals surface area contributed by atoms with E-state index in [0.717, 1.165) is 10.8 Å². The van der Waals surface area contributed by atoms with Gasteiger partial charge in [-0.05, 0) is 62.6 Å². The molecular formula is C26H25ClFN5O5S. The Bertz CT molecular complexity index is 1980. The highest BCUT2D eigenvalue weighted by Gasteiger charge is 2.31. The molecule has 0 spiro atoms. The number of benzene rings is 2. The number of sulfonamides is 1. The molecule has 0 amide bonds. The maximum absolute atomic E-state index is 14.8. The van der Waals surface area contributed by atoms with Crippen LogP contribution in [-0.4, -0.2) is 28.4 Å². The molecule has 2 heterocycles. The van der Waals surface area contributed by atoms with Gasteiger partial charge in [0.25, 0.3) is 11.1 Å². The van der Waals surface area contributed by atoms with Crippen LogP contribution >= 0.6 is 11.6 Å². The fourth-order valence-electron chi connectivity index (χ4n) is 4.63. The van der Waals surface area contributed by atoms with Crippen molar-refractivity contribution in [1.29, 1.82) is 0 Å². The van der Waals surface area contributed by atoms with Crippen molar-refractivity contribution < 1.29 is 12.8 Å². The van der Waals surface area contributed by atoms with Crippen LogP contribution < -0.4 is 26.8 Å². The Balaban J connectivity index is 1.88. The van der Waals surface area contributed by atoms with Crippen LogP contribution in [-0.2, 0) is 17.1 Å². The van der Waals surface area contributed by atoms with E-state index >= 15 is 0 Å². The number of rotatable bonds is 6. The number of aryl methyl sites for hydroxylation is 2. The second-order valence-electron chi connectivity index (χ2n) is 9.73. The molecule has 0 atom stereocenters. The van der Waals surface area contributed by atoms with Crippen molar-refractivity contribution in [3.8, 4) is 5.69 Å². The molecule has 5 rings (SSSR count). The molecule has 0 aliphatic heterocycles. The fraction of sp³-hybridized carbons (Fsp3) is 0.269. The zero-order valence-electron chi connectivity index (χ0n) is 21.5. The third kappa shape index (κ3) is 4.74.